The van der Waals surface area contributed by atoms with Gasteiger partial charge < -0.3 is 20.1 Å². The van der Waals surface area contributed by atoms with Crippen LogP contribution in [0.4, 0.5) is 0 Å². The third kappa shape index (κ3) is 2.54. The molecule has 3 N–H and O–H groups in total. The molecule has 1 aromatic carbocycles. The highest BCUT2D eigenvalue weighted by Crippen LogP contribution is 2.69. The van der Waals surface area contributed by atoms with Crippen molar-refractivity contribution in [1.29, 1.82) is 0 Å². The van der Waals surface area contributed by atoms with Gasteiger partial charge in [0.05, 0.1) is 29.5 Å². The number of ether oxygens (including phenoxy) is 1. The number of rotatable bonds is 1. The molecule has 1 saturated heterocycles. The molecule has 3 aliphatic carbocycles. The molecule has 5 heteroatoms. The fourth-order valence-corrected chi connectivity index (χ4v) is 8.27. The molecule has 2 bridgehead atoms. The number of benzene rings is 1. The number of fused-ring (bicyclic) bond motifs is 2. The van der Waals surface area contributed by atoms with Crippen LogP contribution in [0.2, 0.25) is 0 Å². The second-order valence-corrected chi connectivity index (χ2v) is 11.4. The third-order valence-electron chi connectivity index (χ3n) is 9.81. The predicted molar refractivity (Wildman–Crippen MR) is 125 cm³/mol. The second-order valence-electron chi connectivity index (χ2n) is 11.4. The number of aliphatic hydroxyl groups is 3. The van der Waals surface area contributed by atoms with Gasteiger partial charge in [-0.05, 0) is 71.7 Å². The van der Waals surface area contributed by atoms with Crippen LogP contribution in [0.5, 0.6) is 0 Å². The van der Waals surface area contributed by atoms with Crippen LogP contribution in [0.1, 0.15) is 56.9 Å². The monoisotopic (exact) mass is 445 g/mol. The molecule has 7 rings (SSSR count). The molecule has 1 aromatic heterocycles. The van der Waals surface area contributed by atoms with Gasteiger partial charge in [0.2, 0.25) is 0 Å². The summed E-state index contributed by atoms with van der Waals surface area (Å²) in [6, 6.07) is 8.55. The molecule has 2 aliphatic heterocycles. The summed E-state index contributed by atoms with van der Waals surface area (Å²) >= 11 is 0. The minimum absolute atomic E-state index is 0.0311. The van der Waals surface area contributed by atoms with E-state index in [-0.39, 0.29) is 17.3 Å². The van der Waals surface area contributed by atoms with Crippen molar-refractivity contribution in [3.05, 3.63) is 65.5 Å². The Bertz CT molecular complexity index is 1220. The molecular weight excluding hydrogens is 414 g/mol. The number of aliphatic hydroxyl groups excluding tert-OH is 3. The van der Waals surface area contributed by atoms with Crippen molar-refractivity contribution >= 4 is 10.8 Å². The average Bonchev–Trinajstić information content (AvgIpc) is 3.26. The molecule has 5 nitrogen and oxygen atoms in total. The van der Waals surface area contributed by atoms with Crippen LogP contribution in [0.3, 0.4) is 0 Å². The molecule has 1 unspecified atom stereocenters. The molecule has 2 aromatic rings. The molecule has 0 radical (unpaired) electrons. The van der Waals surface area contributed by atoms with Gasteiger partial charge in [-0.3, -0.25) is 4.98 Å². The smallest absolute Gasteiger partial charge is 0.0975 e. The number of allylic oxidation sites excluding steroid dienone is 1. The van der Waals surface area contributed by atoms with E-state index >= 15 is 0 Å². The fourth-order valence-electron chi connectivity index (χ4n) is 8.27. The van der Waals surface area contributed by atoms with E-state index in [1.807, 2.05) is 18.5 Å². The van der Waals surface area contributed by atoms with Gasteiger partial charge in [0.15, 0.2) is 0 Å². The number of pyridine rings is 1. The van der Waals surface area contributed by atoms with Gasteiger partial charge in [0.1, 0.15) is 0 Å². The standard InChI is InChI=1S/C28H31NO4/c1-26-6-4-19-11-20-12-21(30)23(32)14-27(20)7-8-28(19,33-27)24(26)13-22(31)25(26)17-3-2-16-5-9-29-15-18(16)10-17/h2-5,9-11,15,21-25,30-32H,6-8,12-14H2,1H3/t21-,22+,23-,24+,25-,26-,27+,28?/m0/s1. The lowest BCUT2D eigenvalue weighted by atomic mass is 9.58. The number of hydrogen-bond acceptors (Lipinski definition) is 5. The number of nitrogens with zero attached hydrogens (tertiary/aromatic N) is 1. The molecule has 5 aliphatic rings. The number of hydrogen-bond donors (Lipinski definition) is 3. The highest BCUT2D eigenvalue weighted by atomic mass is 16.5. The summed E-state index contributed by atoms with van der Waals surface area (Å²) in [6.07, 6.45) is 10.8. The summed E-state index contributed by atoms with van der Waals surface area (Å²) in [5.41, 5.74) is 2.55. The largest absolute Gasteiger partial charge is 0.392 e. The molecule has 3 fully saturated rings. The van der Waals surface area contributed by atoms with E-state index in [0.29, 0.717) is 19.3 Å². The van der Waals surface area contributed by atoms with E-state index in [4.69, 9.17) is 4.74 Å². The van der Waals surface area contributed by atoms with Crippen molar-refractivity contribution in [3.63, 3.8) is 0 Å². The molecule has 172 valence electrons. The number of aromatic nitrogens is 1. The highest BCUT2D eigenvalue weighted by molar-refractivity contribution is 5.82. The van der Waals surface area contributed by atoms with E-state index in [1.54, 1.807) is 0 Å². The van der Waals surface area contributed by atoms with Crippen LogP contribution < -0.4 is 0 Å². The molecule has 33 heavy (non-hydrogen) atoms. The van der Waals surface area contributed by atoms with E-state index in [0.717, 1.165) is 35.6 Å². The van der Waals surface area contributed by atoms with Crippen molar-refractivity contribution in [2.75, 3.05) is 0 Å². The SMILES string of the molecule is C[C@]12CC=C3C=C4C[C@H](O)[C@@H](O)C[C@]45CCC3(O5)[C@@H]1C[C@@H](O)[C@@H]2c1ccc2ccncc2c1. The Morgan fingerprint density at radius 2 is 1.91 bits per heavy atom. The lowest BCUT2D eigenvalue weighted by molar-refractivity contribution is -0.157. The first-order valence-electron chi connectivity index (χ1n) is 12.3. The summed E-state index contributed by atoms with van der Waals surface area (Å²) in [5, 5.41) is 34.5. The van der Waals surface area contributed by atoms with Crippen molar-refractivity contribution in [3.8, 4) is 0 Å². The molecule has 8 atom stereocenters. The van der Waals surface area contributed by atoms with Gasteiger partial charge in [0, 0.05) is 36.0 Å². The molecule has 2 spiro atoms. The zero-order valence-corrected chi connectivity index (χ0v) is 18.9. The maximum Gasteiger partial charge on any atom is 0.0975 e. The Balaban J connectivity index is 1.32. The zero-order valence-electron chi connectivity index (χ0n) is 18.9. The van der Waals surface area contributed by atoms with Crippen LogP contribution >= 0.6 is 0 Å². The lowest BCUT2D eigenvalue weighted by Crippen LogP contribution is -2.55. The normalized spacial score (nSPS) is 45.8. The predicted octanol–water partition coefficient (Wildman–Crippen LogP) is 3.78. The maximum absolute atomic E-state index is 11.4. The van der Waals surface area contributed by atoms with Crippen LogP contribution in [-0.2, 0) is 4.74 Å². The van der Waals surface area contributed by atoms with Crippen LogP contribution in [0.15, 0.2) is 60.0 Å². The Labute approximate surface area is 193 Å². The van der Waals surface area contributed by atoms with Gasteiger partial charge in [-0.1, -0.05) is 31.2 Å². The van der Waals surface area contributed by atoms with Crippen molar-refractivity contribution in [2.45, 2.75) is 80.9 Å². The van der Waals surface area contributed by atoms with Crippen molar-refractivity contribution in [1.82, 2.24) is 4.98 Å². The maximum atomic E-state index is 11.4. The van der Waals surface area contributed by atoms with Gasteiger partial charge in [-0.25, -0.2) is 0 Å². The summed E-state index contributed by atoms with van der Waals surface area (Å²) in [5.74, 6) is 0.235. The van der Waals surface area contributed by atoms with Gasteiger partial charge in [-0.2, -0.15) is 0 Å². The minimum atomic E-state index is -0.745. The van der Waals surface area contributed by atoms with Gasteiger partial charge in [0.25, 0.3) is 0 Å². The zero-order chi connectivity index (χ0) is 22.6. The molecule has 0 amide bonds. The third-order valence-corrected chi connectivity index (χ3v) is 9.81. The quantitative estimate of drug-likeness (QED) is 0.622. The van der Waals surface area contributed by atoms with Crippen LogP contribution in [0.25, 0.3) is 10.8 Å². The van der Waals surface area contributed by atoms with E-state index in [9.17, 15) is 15.3 Å². The first kappa shape index (κ1) is 20.3. The van der Waals surface area contributed by atoms with E-state index in [1.165, 1.54) is 11.1 Å². The fraction of sp³-hybridized carbons (Fsp3) is 0.536. The van der Waals surface area contributed by atoms with Crippen LogP contribution in [0, 0.1) is 11.3 Å². The first-order valence-corrected chi connectivity index (χ1v) is 12.3. The lowest BCUT2D eigenvalue weighted by Gasteiger charge is -2.54. The topological polar surface area (TPSA) is 82.8 Å². The van der Waals surface area contributed by atoms with Gasteiger partial charge in [-0.15, -0.1) is 0 Å². The molecular formula is C28H31NO4. The highest BCUT2D eigenvalue weighted by Gasteiger charge is 2.68. The Kier molecular flexibility index (Phi) is 4.03. The second kappa shape index (κ2) is 6.54. The Morgan fingerprint density at radius 3 is 2.79 bits per heavy atom. The average molecular weight is 446 g/mol. The van der Waals surface area contributed by atoms with E-state index in [2.05, 4.69) is 42.3 Å². The minimum Gasteiger partial charge on any atom is -0.392 e. The molecule has 3 heterocycles. The Morgan fingerprint density at radius 1 is 1.03 bits per heavy atom. The first-order chi connectivity index (χ1) is 15.8. The summed E-state index contributed by atoms with van der Waals surface area (Å²) in [6.45, 7) is 2.33. The summed E-state index contributed by atoms with van der Waals surface area (Å²) in [4.78, 5) is 4.29. The van der Waals surface area contributed by atoms with Crippen molar-refractivity contribution in [2.24, 2.45) is 11.3 Å². The van der Waals surface area contributed by atoms with Gasteiger partial charge >= 0.3 is 0 Å². The molecule has 2 saturated carbocycles. The summed E-state index contributed by atoms with van der Waals surface area (Å²) in [7, 11) is 0. The Hall–Kier alpha value is -2.05. The summed E-state index contributed by atoms with van der Waals surface area (Å²) < 4.78 is 7.05. The van der Waals surface area contributed by atoms with Crippen LogP contribution in [-0.4, -0.2) is 49.8 Å². The van der Waals surface area contributed by atoms with Crippen molar-refractivity contribution < 1.29 is 20.1 Å². The van der Waals surface area contributed by atoms with E-state index < -0.39 is 29.5 Å².